The van der Waals surface area contributed by atoms with Crippen molar-refractivity contribution in [3.05, 3.63) is 22.9 Å². The largest absolute Gasteiger partial charge is 0.323 e. The maximum absolute atomic E-state index is 13.8. The first-order chi connectivity index (χ1) is 12.4. The summed E-state index contributed by atoms with van der Waals surface area (Å²) in [6.45, 7) is 0. The van der Waals surface area contributed by atoms with E-state index >= 15 is 0 Å². The third kappa shape index (κ3) is 2.31. The van der Waals surface area contributed by atoms with E-state index in [-0.39, 0.29) is 24.5 Å². The topological polar surface area (TPSA) is 50.2 Å². The van der Waals surface area contributed by atoms with Gasteiger partial charge in [-0.2, -0.15) is 16.4 Å². The van der Waals surface area contributed by atoms with E-state index in [0.29, 0.717) is 18.7 Å². The number of carbonyl (C=O) groups excluding carboxylic acids is 1. The van der Waals surface area contributed by atoms with E-state index in [2.05, 4.69) is 10.4 Å². The molecule has 2 bridgehead atoms. The number of aromatic nitrogens is 2. The number of hydrogen-bond acceptors (Lipinski definition) is 3. The van der Waals surface area contributed by atoms with E-state index < -0.39 is 11.3 Å². The molecule has 2 aromatic rings. The molecule has 2 atom stereocenters. The minimum atomic E-state index is -2.53. The van der Waals surface area contributed by atoms with Crippen molar-refractivity contribution >= 4 is 23.2 Å². The highest BCUT2D eigenvalue weighted by Crippen LogP contribution is 2.69. The van der Waals surface area contributed by atoms with Gasteiger partial charge in [-0.05, 0) is 37.1 Å². The van der Waals surface area contributed by atoms with Gasteiger partial charge in [0, 0.05) is 48.0 Å². The zero-order chi connectivity index (χ0) is 18.1. The van der Waals surface area contributed by atoms with Crippen molar-refractivity contribution in [2.24, 2.45) is 12.5 Å². The monoisotopic (exact) mass is 378 g/mol. The highest BCUT2D eigenvalue weighted by atomic mass is 32.1. The summed E-state index contributed by atoms with van der Waals surface area (Å²) in [5.74, 6) is -1.92. The molecule has 0 radical (unpaired) electrons. The molecule has 3 aliphatic rings. The summed E-state index contributed by atoms with van der Waals surface area (Å²) in [5, 5.41) is 11.4. The van der Waals surface area contributed by atoms with Crippen LogP contribution in [0.25, 0.3) is 11.3 Å². The fraction of sp³-hybridized carbons (Fsp3) is 0.556. The van der Waals surface area contributed by atoms with E-state index in [1.54, 1.807) is 28.0 Å². The van der Waals surface area contributed by atoms with Crippen LogP contribution in [0.5, 0.6) is 0 Å². The van der Waals surface area contributed by atoms with E-state index in [9.17, 15) is 13.6 Å². The molecule has 2 saturated heterocycles. The first kappa shape index (κ1) is 16.2. The van der Waals surface area contributed by atoms with Crippen molar-refractivity contribution in [1.82, 2.24) is 14.7 Å². The number of carbonyl (C=O) groups is 1. The Bertz CT molecular complexity index is 849. The lowest BCUT2D eigenvalue weighted by molar-refractivity contribution is 0.0186. The van der Waals surface area contributed by atoms with Crippen LogP contribution in [0.2, 0.25) is 0 Å². The number of anilines is 1. The zero-order valence-electron chi connectivity index (χ0n) is 14.4. The number of alkyl halides is 2. The van der Waals surface area contributed by atoms with Crippen LogP contribution in [-0.2, 0) is 7.05 Å². The van der Waals surface area contributed by atoms with Gasteiger partial charge < -0.3 is 4.90 Å². The molecule has 2 amide bonds. The predicted octanol–water partition coefficient (Wildman–Crippen LogP) is 4.33. The Balaban J connectivity index is 1.33. The lowest BCUT2D eigenvalue weighted by atomic mass is 9.87. The first-order valence-corrected chi connectivity index (χ1v) is 9.87. The van der Waals surface area contributed by atoms with Gasteiger partial charge in [0.2, 0.25) is 0 Å². The van der Waals surface area contributed by atoms with Crippen molar-refractivity contribution in [3.63, 3.8) is 0 Å². The molecule has 3 fully saturated rings. The van der Waals surface area contributed by atoms with Crippen LogP contribution >= 0.6 is 11.3 Å². The van der Waals surface area contributed by atoms with E-state index in [4.69, 9.17) is 0 Å². The van der Waals surface area contributed by atoms with Crippen LogP contribution in [0.4, 0.5) is 19.4 Å². The summed E-state index contributed by atoms with van der Waals surface area (Å²) in [6.07, 6.45) is 2.49. The molecule has 5 nitrogen and oxygen atoms in total. The summed E-state index contributed by atoms with van der Waals surface area (Å²) in [4.78, 5) is 14.7. The van der Waals surface area contributed by atoms with Crippen LogP contribution in [0.15, 0.2) is 22.9 Å². The molecule has 5 rings (SSSR count). The second kappa shape index (κ2) is 5.28. The summed E-state index contributed by atoms with van der Waals surface area (Å²) in [5.41, 5.74) is 0.984. The normalized spacial score (nSPS) is 31.4. The molecule has 8 heteroatoms. The fourth-order valence-electron chi connectivity index (χ4n) is 4.81. The average Bonchev–Trinajstić information content (AvgIpc) is 3.08. The summed E-state index contributed by atoms with van der Waals surface area (Å²) >= 11 is 1.59. The average molecular weight is 378 g/mol. The molecule has 1 N–H and O–H groups in total. The molecule has 1 aliphatic carbocycles. The molecule has 1 saturated carbocycles. The molecule has 2 unspecified atom stereocenters. The Kier molecular flexibility index (Phi) is 3.30. The molecule has 4 heterocycles. The second-order valence-electron chi connectivity index (χ2n) is 7.84. The molecule has 26 heavy (non-hydrogen) atoms. The summed E-state index contributed by atoms with van der Waals surface area (Å²) in [7, 11) is 1.79. The number of urea groups is 1. The van der Waals surface area contributed by atoms with Crippen LogP contribution in [0.3, 0.4) is 0 Å². The third-order valence-electron chi connectivity index (χ3n) is 6.25. The Labute approximate surface area is 154 Å². The van der Waals surface area contributed by atoms with Gasteiger partial charge in [-0.3, -0.25) is 10.00 Å². The van der Waals surface area contributed by atoms with Crippen molar-refractivity contribution in [3.8, 4) is 11.3 Å². The van der Waals surface area contributed by atoms with Crippen molar-refractivity contribution < 1.29 is 13.6 Å². The van der Waals surface area contributed by atoms with Crippen molar-refractivity contribution in [1.29, 1.82) is 0 Å². The van der Waals surface area contributed by atoms with Gasteiger partial charge in [0.15, 0.2) is 0 Å². The third-order valence-corrected chi connectivity index (χ3v) is 6.93. The molecular weight excluding hydrogens is 358 g/mol. The van der Waals surface area contributed by atoms with Crippen LogP contribution in [-0.4, -0.2) is 38.7 Å². The molecule has 2 aliphatic heterocycles. The quantitative estimate of drug-likeness (QED) is 0.845. The standard InChI is InChI=1S/C18H20F2N4OS/c1-23-15(6-14(22-23)11-4-5-26-9-11)21-16(25)24-12-2-3-13(24)8-17(7-12)10-18(17,19)20/h4-6,9,12-13H,2-3,7-8,10H2,1H3,(H,21,25). The van der Waals surface area contributed by atoms with Crippen molar-refractivity contribution in [2.75, 3.05) is 5.32 Å². The van der Waals surface area contributed by atoms with Gasteiger partial charge in [0.25, 0.3) is 5.92 Å². The Morgan fingerprint density at radius 1 is 1.35 bits per heavy atom. The molecular formula is C18H20F2N4OS. The fourth-order valence-corrected chi connectivity index (χ4v) is 5.46. The zero-order valence-corrected chi connectivity index (χ0v) is 15.2. The summed E-state index contributed by atoms with van der Waals surface area (Å²) < 4.78 is 29.2. The van der Waals surface area contributed by atoms with Gasteiger partial charge in [-0.1, -0.05) is 0 Å². The minimum absolute atomic E-state index is 0.00576. The van der Waals surface area contributed by atoms with Gasteiger partial charge >= 0.3 is 6.03 Å². The summed E-state index contributed by atoms with van der Waals surface area (Å²) in [6, 6.07) is 3.48. The molecule has 138 valence electrons. The second-order valence-corrected chi connectivity index (χ2v) is 8.62. The lowest BCUT2D eigenvalue weighted by Crippen LogP contribution is -2.50. The van der Waals surface area contributed by atoms with Gasteiger partial charge in [0.1, 0.15) is 5.82 Å². The van der Waals surface area contributed by atoms with Crippen LogP contribution in [0.1, 0.15) is 32.1 Å². The number of rotatable bonds is 2. The highest BCUT2D eigenvalue weighted by molar-refractivity contribution is 7.08. The number of hydrogen-bond donors (Lipinski definition) is 1. The number of nitrogens with zero attached hydrogens (tertiary/aromatic N) is 3. The van der Waals surface area contributed by atoms with E-state index in [0.717, 1.165) is 24.1 Å². The number of thiophene rings is 1. The minimum Gasteiger partial charge on any atom is -0.318 e. The van der Waals surface area contributed by atoms with Crippen LogP contribution < -0.4 is 5.32 Å². The van der Waals surface area contributed by atoms with Gasteiger partial charge in [-0.15, -0.1) is 0 Å². The molecule has 0 aromatic carbocycles. The predicted molar refractivity (Wildman–Crippen MR) is 95.4 cm³/mol. The number of halogens is 2. The van der Waals surface area contributed by atoms with Gasteiger partial charge in [-0.25, -0.2) is 13.6 Å². The Morgan fingerprint density at radius 3 is 2.62 bits per heavy atom. The number of fused-ring (bicyclic) bond motifs is 2. The van der Waals surface area contributed by atoms with Gasteiger partial charge in [0.05, 0.1) is 5.69 Å². The van der Waals surface area contributed by atoms with E-state index in [1.165, 1.54) is 0 Å². The van der Waals surface area contributed by atoms with E-state index in [1.807, 2.05) is 22.9 Å². The number of nitrogens with one attached hydrogen (secondary N) is 1. The maximum atomic E-state index is 13.8. The highest BCUT2D eigenvalue weighted by Gasteiger charge is 2.74. The molecule has 2 aromatic heterocycles. The molecule has 1 spiro atoms. The Morgan fingerprint density at radius 2 is 2.04 bits per heavy atom. The SMILES string of the molecule is Cn1nc(-c2ccsc2)cc1NC(=O)N1C2CCC1CC1(C2)CC1(F)F. The lowest BCUT2D eigenvalue weighted by Gasteiger charge is -2.39. The maximum Gasteiger partial charge on any atom is 0.323 e. The number of amides is 2. The van der Waals surface area contributed by atoms with Crippen LogP contribution in [0, 0.1) is 5.41 Å². The number of aryl methyl sites for hydroxylation is 1. The van der Waals surface area contributed by atoms with Crippen molar-refractivity contribution in [2.45, 2.75) is 50.1 Å². The first-order valence-electron chi connectivity index (χ1n) is 8.92. The Hall–Kier alpha value is -1.96. The number of piperidine rings is 1. The smallest absolute Gasteiger partial charge is 0.318 e.